The molecule has 2 aliphatic carbocycles. The zero-order chi connectivity index (χ0) is 39.3. The molecule has 2 aliphatic rings. The van der Waals surface area contributed by atoms with Gasteiger partial charge in [-0.1, -0.05) is 171 Å². The second-order valence-corrected chi connectivity index (χ2v) is 18.7. The van der Waals surface area contributed by atoms with Gasteiger partial charge in [0, 0.05) is 12.8 Å². The van der Waals surface area contributed by atoms with E-state index in [2.05, 4.69) is 70.9 Å². The highest BCUT2D eigenvalue weighted by molar-refractivity contribution is 5.77. The Bertz CT molecular complexity index is 916. The predicted molar refractivity (Wildman–Crippen MR) is 223 cm³/mol. The van der Waals surface area contributed by atoms with Crippen LogP contribution in [0.4, 0.5) is 0 Å². The lowest BCUT2D eigenvalue weighted by Gasteiger charge is -2.64. The average molecular weight is 748 g/mol. The van der Waals surface area contributed by atoms with Gasteiger partial charge in [-0.05, 0) is 74.0 Å². The van der Waals surface area contributed by atoms with Gasteiger partial charge in [0.15, 0.2) is 6.29 Å². The number of nitrogens with zero attached hydrogens (tertiary/aromatic N) is 1. The van der Waals surface area contributed by atoms with Gasteiger partial charge < -0.3 is 20.8 Å². The smallest absolute Gasteiger partial charge is 0.221 e. The number of carbonyl (C=O) groups excluding carboxylic acids is 2. The molecule has 0 radical (unpaired) electrons. The third-order valence-electron chi connectivity index (χ3n) is 13.1. The maximum atomic E-state index is 14.2. The Morgan fingerprint density at radius 3 is 1.19 bits per heavy atom. The predicted octanol–water partition coefficient (Wildman–Crippen LogP) is 11.3. The van der Waals surface area contributed by atoms with Crippen molar-refractivity contribution in [3.05, 3.63) is 0 Å². The minimum absolute atomic E-state index is 0.0114. The quantitative estimate of drug-likeness (QED) is 0.0471. The molecule has 0 aromatic carbocycles. The Morgan fingerprint density at radius 1 is 0.566 bits per heavy atom. The second kappa shape index (κ2) is 25.9. The minimum Gasteiger partial charge on any atom is -0.367 e. The average Bonchev–Trinajstić information content (AvgIpc) is 3.08. The summed E-state index contributed by atoms with van der Waals surface area (Å²) >= 11 is 0. The van der Waals surface area contributed by atoms with Gasteiger partial charge in [-0.2, -0.15) is 0 Å². The van der Waals surface area contributed by atoms with E-state index in [1.54, 1.807) is 0 Å². The fourth-order valence-electron chi connectivity index (χ4n) is 10.4. The van der Waals surface area contributed by atoms with Crippen LogP contribution >= 0.6 is 0 Å². The molecule has 0 saturated heterocycles. The summed E-state index contributed by atoms with van der Waals surface area (Å²) in [5, 5.41) is 29.3. The molecule has 0 spiro atoms. The Balaban J connectivity index is 2.41. The van der Waals surface area contributed by atoms with Gasteiger partial charge in [-0.3, -0.25) is 14.5 Å². The normalized spacial score (nSPS) is 26.5. The van der Waals surface area contributed by atoms with Crippen LogP contribution in [0.3, 0.4) is 0 Å². The van der Waals surface area contributed by atoms with E-state index in [-0.39, 0.29) is 42.0 Å². The van der Waals surface area contributed by atoms with E-state index in [0.29, 0.717) is 24.7 Å². The zero-order valence-electron chi connectivity index (χ0n) is 36.3. The molecule has 0 aliphatic heterocycles. The van der Waals surface area contributed by atoms with Crippen LogP contribution in [-0.4, -0.2) is 51.1 Å². The van der Waals surface area contributed by atoms with Crippen LogP contribution in [0.2, 0.25) is 0 Å². The number of aliphatic hydroxyl groups excluding tert-OH is 1. The molecule has 2 amide bonds. The molecule has 6 atom stereocenters. The number of amides is 2. The molecule has 0 aromatic heterocycles. The molecule has 53 heavy (non-hydrogen) atoms. The molecule has 7 nitrogen and oxygen atoms in total. The van der Waals surface area contributed by atoms with E-state index in [0.717, 1.165) is 64.2 Å². The molecular formula is C46H89N3O4. The number of nitrogens with one attached hydrogen (secondary N) is 2. The van der Waals surface area contributed by atoms with E-state index in [1.807, 2.05) is 0 Å². The number of carbonyl (C=O) groups is 2. The van der Waals surface area contributed by atoms with Crippen molar-refractivity contribution in [3.8, 4) is 0 Å². The Kier molecular flexibility index (Phi) is 23.4. The van der Waals surface area contributed by atoms with E-state index in [1.165, 1.54) is 89.9 Å². The van der Waals surface area contributed by atoms with Crippen molar-refractivity contribution < 1.29 is 19.8 Å². The van der Waals surface area contributed by atoms with Gasteiger partial charge >= 0.3 is 0 Å². The first-order chi connectivity index (χ1) is 25.3. The summed E-state index contributed by atoms with van der Waals surface area (Å²) in [6, 6.07) is 0. The molecule has 2 fully saturated rings. The number of hydrogen-bond acceptors (Lipinski definition) is 5. The molecule has 312 valence electrons. The van der Waals surface area contributed by atoms with Gasteiger partial charge in [0.1, 0.15) is 0 Å². The van der Waals surface area contributed by atoms with Gasteiger partial charge in [0.05, 0.1) is 17.9 Å². The lowest BCUT2D eigenvalue weighted by atomic mass is 9.63. The number of hydrogen-bond donors (Lipinski definition) is 4. The molecule has 0 aromatic rings. The van der Waals surface area contributed by atoms with Gasteiger partial charge in [-0.25, -0.2) is 0 Å². The summed E-state index contributed by atoms with van der Waals surface area (Å²) in [5.41, 5.74) is -1.61. The standard InChI is InChI=1S/C46H89N3O4/c1-9-11-13-15-17-19-21-23-25-27-42(50)47-45(33-38(7)29-31-40(45)36(3)4)49(35-44(52)53)46(34-39(8)30-32-41(46)37(5)6)48-43(51)28-26-24-22-20-18-16-14-12-10-2/h36-41,44,52-53H,9-35H2,1-8H3,(H,47,50)(H,48,51). The Morgan fingerprint density at radius 2 is 0.887 bits per heavy atom. The lowest BCUT2D eigenvalue weighted by molar-refractivity contribution is -0.202. The third kappa shape index (κ3) is 16.1. The fourth-order valence-corrected chi connectivity index (χ4v) is 10.4. The van der Waals surface area contributed by atoms with Crippen molar-refractivity contribution in [1.29, 1.82) is 0 Å². The Labute approximate surface area is 328 Å². The van der Waals surface area contributed by atoms with Crippen LogP contribution in [0.1, 0.15) is 222 Å². The SMILES string of the molecule is CCCCCCCCCCCC(=O)NC1(N(CC(O)O)C2(NC(=O)CCCCCCCCCCC)CC(C)CCC2C(C)C)CC(C)CCC1C(C)C. The van der Waals surface area contributed by atoms with Crippen LogP contribution in [0, 0.1) is 35.5 Å². The first-order valence-electron chi connectivity index (χ1n) is 23.1. The molecule has 4 N–H and O–H groups in total. The lowest BCUT2D eigenvalue weighted by Crippen LogP contribution is -2.80. The summed E-state index contributed by atoms with van der Waals surface area (Å²) in [6.45, 7) is 18.1. The fraction of sp³-hybridized carbons (Fsp3) is 0.957. The van der Waals surface area contributed by atoms with Crippen molar-refractivity contribution in [2.24, 2.45) is 35.5 Å². The molecular weight excluding hydrogens is 659 g/mol. The Hall–Kier alpha value is -1.18. The number of aliphatic hydroxyl groups is 2. The summed E-state index contributed by atoms with van der Waals surface area (Å²) in [4.78, 5) is 30.7. The first-order valence-corrected chi connectivity index (χ1v) is 23.1. The van der Waals surface area contributed by atoms with Crippen molar-refractivity contribution in [2.75, 3.05) is 6.54 Å². The molecule has 6 unspecified atom stereocenters. The van der Waals surface area contributed by atoms with Gasteiger partial charge in [0.25, 0.3) is 0 Å². The van der Waals surface area contributed by atoms with Gasteiger partial charge in [0.2, 0.25) is 11.8 Å². The largest absolute Gasteiger partial charge is 0.367 e. The van der Waals surface area contributed by atoms with E-state index >= 15 is 0 Å². The van der Waals surface area contributed by atoms with E-state index in [9.17, 15) is 19.8 Å². The summed E-state index contributed by atoms with van der Waals surface area (Å²) in [6.07, 6.45) is 26.6. The summed E-state index contributed by atoms with van der Waals surface area (Å²) < 4.78 is 0. The maximum absolute atomic E-state index is 14.2. The molecule has 0 bridgehead atoms. The molecule has 2 saturated carbocycles. The highest BCUT2D eigenvalue weighted by atomic mass is 16.5. The van der Waals surface area contributed by atoms with Crippen molar-refractivity contribution in [3.63, 3.8) is 0 Å². The third-order valence-corrected chi connectivity index (χ3v) is 13.1. The first kappa shape index (κ1) is 48.0. The van der Waals surface area contributed by atoms with Crippen molar-refractivity contribution >= 4 is 11.8 Å². The van der Waals surface area contributed by atoms with Crippen molar-refractivity contribution in [2.45, 2.75) is 240 Å². The topological polar surface area (TPSA) is 102 Å². The summed E-state index contributed by atoms with van der Waals surface area (Å²) in [5.74, 6) is 1.58. The minimum atomic E-state index is -1.60. The van der Waals surface area contributed by atoms with E-state index < -0.39 is 17.6 Å². The molecule has 0 heterocycles. The van der Waals surface area contributed by atoms with Crippen LogP contribution in [0.15, 0.2) is 0 Å². The molecule has 7 heteroatoms. The van der Waals surface area contributed by atoms with Crippen LogP contribution in [0.25, 0.3) is 0 Å². The summed E-state index contributed by atoms with van der Waals surface area (Å²) in [7, 11) is 0. The van der Waals surface area contributed by atoms with Crippen LogP contribution < -0.4 is 10.6 Å². The van der Waals surface area contributed by atoms with E-state index in [4.69, 9.17) is 0 Å². The van der Waals surface area contributed by atoms with Crippen LogP contribution in [-0.2, 0) is 9.59 Å². The molecule has 2 rings (SSSR count). The highest BCUT2D eigenvalue weighted by Crippen LogP contribution is 2.51. The van der Waals surface area contributed by atoms with Crippen molar-refractivity contribution in [1.82, 2.24) is 15.5 Å². The van der Waals surface area contributed by atoms with Gasteiger partial charge in [-0.15, -0.1) is 0 Å². The second-order valence-electron chi connectivity index (χ2n) is 18.7. The van der Waals surface area contributed by atoms with Crippen LogP contribution in [0.5, 0.6) is 0 Å². The number of unbranched alkanes of at least 4 members (excludes halogenated alkanes) is 16. The zero-order valence-corrected chi connectivity index (χ0v) is 36.3. The highest BCUT2D eigenvalue weighted by Gasteiger charge is 2.60. The monoisotopic (exact) mass is 748 g/mol. The number of rotatable bonds is 28. The maximum Gasteiger partial charge on any atom is 0.221 e.